The Balaban J connectivity index is 1.53. The molecule has 10 atom stereocenters. The lowest BCUT2D eigenvalue weighted by Gasteiger charge is -2.71. The van der Waals surface area contributed by atoms with Crippen molar-refractivity contribution in [3.63, 3.8) is 0 Å². The third-order valence-corrected chi connectivity index (χ3v) is 14.3. The van der Waals surface area contributed by atoms with Crippen LogP contribution < -0.4 is 11.1 Å². The number of carbonyl (C=O) groups excluding carboxylic acids is 1. The molecule has 0 heterocycles. The van der Waals surface area contributed by atoms with Gasteiger partial charge in [-0.15, -0.1) is 0 Å². The van der Waals surface area contributed by atoms with Crippen molar-refractivity contribution in [3.05, 3.63) is 11.6 Å². The molecule has 0 bridgehead atoms. The Hall–Kier alpha value is -0.870. The number of fused-ring (bicyclic) bond motifs is 7. The first-order valence-electron chi connectivity index (χ1n) is 16.2. The Bertz CT molecular complexity index is 958. The molecule has 4 fully saturated rings. The van der Waals surface area contributed by atoms with Crippen LogP contribution in [0.5, 0.6) is 0 Å². The molecule has 5 rings (SSSR count). The molecule has 4 nitrogen and oxygen atoms in total. The summed E-state index contributed by atoms with van der Waals surface area (Å²) in [5.41, 5.74) is 7.75. The van der Waals surface area contributed by atoms with E-state index in [1.54, 1.807) is 5.57 Å². The van der Waals surface area contributed by atoms with Crippen LogP contribution in [0, 0.1) is 56.7 Å². The van der Waals surface area contributed by atoms with E-state index in [2.05, 4.69) is 59.9 Å². The van der Waals surface area contributed by atoms with Crippen molar-refractivity contribution in [2.45, 2.75) is 125 Å². The minimum Gasteiger partial charge on any atom is -0.393 e. The minimum atomic E-state index is -0.249. The maximum absolute atomic E-state index is 14.1. The number of amides is 1. The van der Waals surface area contributed by atoms with Crippen molar-refractivity contribution < 1.29 is 9.90 Å². The highest BCUT2D eigenvalue weighted by molar-refractivity contribution is 5.84. The van der Waals surface area contributed by atoms with Gasteiger partial charge in [0.15, 0.2) is 0 Å². The van der Waals surface area contributed by atoms with Gasteiger partial charge in [0.1, 0.15) is 0 Å². The third-order valence-electron chi connectivity index (χ3n) is 14.3. The summed E-state index contributed by atoms with van der Waals surface area (Å²) in [6, 6.07) is 0. The van der Waals surface area contributed by atoms with E-state index < -0.39 is 0 Å². The van der Waals surface area contributed by atoms with Crippen LogP contribution in [0.1, 0.15) is 119 Å². The topological polar surface area (TPSA) is 75.4 Å². The molecule has 4 heteroatoms. The molecular weight excluding hydrogens is 468 g/mol. The number of nitrogens with two attached hydrogens (primary N) is 1. The Morgan fingerprint density at radius 3 is 2.42 bits per heavy atom. The van der Waals surface area contributed by atoms with Crippen molar-refractivity contribution >= 4 is 5.91 Å². The van der Waals surface area contributed by atoms with Gasteiger partial charge >= 0.3 is 0 Å². The van der Waals surface area contributed by atoms with Crippen LogP contribution in [0.25, 0.3) is 0 Å². The molecule has 216 valence electrons. The molecule has 0 aromatic heterocycles. The van der Waals surface area contributed by atoms with E-state index in [1.807, 2.05) is 0 Å². The Morgan fingerprint density at radius 1 is 0.974 bits per heavy atom. The fraction of sp³-hybridized carbons (Fsp3) is 0.912. The fourth-order valence-electron chi connectivity index (χ4n) is 11.5. The van der Waals surface area contributed by atoms with Gasteiger partial charge in [-0.2, -0.15) is 0 Å². The van der Waals surface area contributed by atoms with Gasteiger partial charge in [-0.05, 0) is 128 Å². The van der Waals surface area contributed by atoms with Crippen LogP contribution in [-0.2, 0) is 4.79 Å². The molecule has 0 spiro atoms. The van der Waals surface area contributed by atoms with Gasteiger partial charge in [-0.1, -0.05) is 60.1 Å². The first-order valence-corrected chi connectivity index (χ1v) is 16.2. The quantitative estimate of drug-likeness (QED) is 0.271. The molecule has 4 saturated carbocycles. The SMILES string of the molecule is C[C@H]1[C@H](C)CC[C@]2(C(=O)NCCCCN)CC[C@]3(C)C(=CC[C@@H]4[C@@]5(C)CC[C@H](O)C(C)(C)[C@@H]5CC[C@]43C)[C@H]12. The summed E-state index contributed by atoms with van der Waals surface area (Å²) < 4.78 is 0. The average molecular weight is 527 g/mol. The number of aliphatic hydroxyl groups is 1. The van der Waals surface area contributed by atoms with Crippen LogP contribution in [-0.4, -0.2) is 30.2 Å². The predicted molar refractivity (Wildman–Crippen MR) is 156 cm³/mol. The Morgan fingerprint density at radius 2 is 1.71 bits per heavy atom. The highest BCUT2D eigenvalue weighted by Gasteiger charge is 2.69. The summed E-state index contributed by atoms with van der Waals surface area (Å²) in [6.07, 6.45) is 14.5. The third kappa shape index (κ3) is 3.77. The Kier molecular flexibility index (Phi) is 7.24. The van der Waals surface area contributed by atoms with E-state index >= 15 is 0 Å². The largest absolute Gasteiger partial charge is 0.393 e. The average Bonchev–Trinajstić information content (AvgIpc) is 2.87. The van der Waals surface area contributed by atoms with Crippen molar-refractivity contribution in [1.82, 2.24) is 5.32 Å². The minimum absolute atomic E-state index is 0.0176. The number of allylic oxidation sites excluding steroid dienone is 2. The molecule has 0 saturated heterocycles. The van der Waals surface area contributed by atoms with E-state index in [0.29, 0.717) is 42.0 Å². The second-order valence-corrected chi connectivity index (χ2v) is 15.9. The predicted octanol–water partition coefficient (Wildman–Crippen LogP) is 6.86. The van der Waals surface area contributed by atoms with Gasteiger partial charge in [0.05, 0.1) is 11.5 Å². The number of rotatable bonds is 5. The molecule has 0 unspecified atom stereocenters. The number of carbonyl (C=O) groups is 1. The summed E-state index contributed by atoms with van der Waals surface area (Å²) >= 11 is 0. The second kappa shape index (κ2) is 9.61. The summed E-state index contributed by atoms with van der Waals surface area (Å²) in [6.45, 7) is 18.8. The van der Waals surface area contributed by atoms with E-state index in [9.17, 15) is 9.90 Å². The maximum Gasteiger partial charge on any atom is 0.226 e. The standard InChI is InChI=1S/C34H58N2O2/c1-22-12-17-34(29(38)36-21-9-8-20-35)19-18-32(6)24(28(34)23(22)2)10-11-26-31(5)15-14-27(37)30(3,4)25(31)13-16-33(26,32)7/h10,22-23,25-28,37H,8-9,11-21,35H2,1-7H3,(H,36,38)/t22-,23+,25+,26-,27+,28+,31+,32-,33-,34+/m1/s1. The fourth-order valence-corrected chi connectivity index (χ4v) is 11.5. The zero-order valence-corrected chi connectivity index (χ0v) is 25.7. The number of nitrogens with one attached hydrogen (secondary N) is 1. The lowest BCUT2D eigenvalue weighted by atomic mass is 9.33. The second-order valence-electron chi connectivity index (χ2n) is 15.9. The molecule has 0 aromatic rings. The highest BCUT2D eigenvalue weighted by atomic mass is 16.3. The molecule has 5 aliphatic rings. The van der Waals surface area contributed by atoms with Crippen LogP contribution >= 0.6 is 0 Å². The molecule has 4 N–H and O–H groups in total. The Labute approximate surface area is 233 Å². The molecule has 38 heavy (non-hydrogen) atoms. The molecule has 5 aliphatic carbocycles. The number of aliphatic hydroxyl groups excluding tert-OH is 1. The van der Waals surface area contributed by atoms with Gasteiger partial charge in [-0.25, -0.2) is 0 Å². The first-order chi connectivity index (χ1) is 17.8. The monoisotopic (exact) mass is 526 g/mol. The van der Waals surface area contributed by atoms with E-state index in [0.717, 1.165) is 64.3 Å². The number of unbranched alkanes of at least 4 members (excludes halogenated alkanes) is 1. The maximum atomic E-state index is 14.1. The highest BCUT2D eigenvalue weighted by Crippen LogP contribution is 2.75. The van der Waals surface area contributed by atoms with Gasteiger partial charge in [0.2, 0.25) is 5.91 Å². The molecule has 0 aliphatic heterocycles. The van der Waals surface area contributed by atoms with Gasteiger partial charge in [0, 0.05) is 6.54 Å². The van der Waals surface area contributed by atoms with Crippen LogP contribution in [0.4, 0.5) is 0 Å². The van der Waals surface area contributed by atoms with E-state index in [4.69, 9.17) is 5.73 Å². The zero-order valence-electron chi connectivity index (χ0n) is 25.7. The lowest BCUT2D eigenvalue weighted by Crippen LogP contribution is -2.66. The first kappa shape index (κ1) is 28.7. The molecule has 0 aromatic carbocycles. The van der Waals surface area contributed by atoms with Gasteiger partial charge in [0.25, 0.3) is 0 Å². The number of hydrogen-bond donors (Lipinski definition) is 3. The van der Waals surface area contributed by atoms with Gasteiger partial charge < -0.3 is 16.2 Å². The summed E-state index contributed by atoms with van der Waals surface area (Å²) in [5.74, 6) is 3.08. The van der Waals surface area contributed by atoms with Crippen molar-refractivity contribution in [2.75, 3.05) is 13.1 Å². The zero-order chi connectivity index (χ0) is 27.7. The van der Waals surface area contributed by atoms with Crippen molar-refractivity contribution in [3.8, 4) is 0 Å². The van der Waals surface area contributed by atoms with E-state index in [1.165, 1.54) is 12.8 Å². The normalized spacial score (nSPS) is 49.6. The summed E-state index contributed by atoms with van der Waals surface area (Å²) in [4.78, 5) is 14.1. The van der Waals surface area contributed by atoms with Crippen LogP contribution in [0.2, 0.25) is 0 Å². The summed E-state index contributed by atoms with van der Waals surface area (Å²) in [5, 5.41) is 14.4. The molecule has 1 amide bonds. The van der Waals surface area contributed by atoms with Crippen molar-refractivity contribution in [1.29, 1.82) is 0 Å². The lowest BCUT2D eigenvalue weighted by molar-refractivity contribution is -0.204. The van der Waals surface area contributed by atoms with E-state index in [-0.39, 0.29) is 33.2 Å². The van der Waals surface area contributed by atoms with Crippen LogP contribution in [0.15, 0.2) is 11.6 Å². The van der Waals surface area contributed by atoms with Crippen molar-refractivity contribution in [2.24, 2.45) is 62.4 Å². The summed E-state index contributed by atoms with van der Waals surface area (Å²) in [7, 11) is 0. The molecular formula is C34H58N2O2. The molecule has 0 radical (unpaired) electrons. The van der Waals surface area contributed by atoms with Crippen LogP contribution in [0.3, 0.4) is 0 Å². The number of hydrogen-bond acceptors (Lipinski definition) is 3. The smallest absolute Gasteiger partial charge is 0.226 e. The van der Waals surface area contributed by atoms with Gasteiger partial charge in [-0.3, -0.25) is 4.79 Å².